The summed E-state index contributed by atoms with van der Waals surface area (Å²) in [4.78, 5) is 7.73. The Morgan fingerprint density at radius 3 is 2.13 bits per heavy atom. The van der Waals surface area contributed by atoms with Gasteiger partial charge in [-0.15, -0.1) is 11.3 Å². The highest BCUT2D eigenvalue weighted by atomic mass is 32.1. The van der Waals surface area contributed by atoms with E-state index in [-0.39, 0.29) is 12.5 Å². The Kier molecular flexibility index (Phi) is 6.08. The smallest absolute Gasteiger partial charge is 0.186 e. The summed E-state index contributed by atoms with van der Waals surface area (Å²) >= 11 is 1.88. The van der Waals surface area contributed by atoms with Crippen LogP contribution in [0, 0.1) is 0 Å². The van der Waals surface area contributed by atoms with E-state index in [1.54, 1.807) is 0 Å². The number of rotatable bonds is 4. The van der Waals surface area contributed by atoms with Gasteiger partial charge in [-0.25, -0.2) is 9.89 Å². The van der Waals surface area contributed by atoms with Gasteiger partial charge in [-0.3, -0.25) is 0 Å². The summed E-state index contributed by atoms with van der Waals surface area (Å²) in [6.07, 6.45) is -0.309. The van der Waals surface area contributed by atoms with Crippen molar-refractivity contribution in [1.29, 1.82) is 0 Å². The van der Waals surface area contributed by atoms with Crippen molar-refractivity contribution in [2.75, 3.05) is 7.05 Å². The largest absolute Gasteiger partial charge is 0.350 e. The quantitative estimate of drug-likeness (QED) is 0.219. The third-order valence-corrected chi connectivity index (χ3v) is 10.3. The number of hydrogen-bond acceptors (Lipinski definition) is 4. The number of aliphatic imine (C=N–C) groups is 1. The lowest BCUT2D eigenvalue weighted by Gasteiger charge is -2.40. The molecule has 6 aromatic carbocycles. The molecule has 9 rings (SSSR count). The first kappa shape index (κ1) is 26.2. The van der Waals surface area contributed by atoms with Crippen LogP contribution in [-0.2, 0) is 0 Å². The standard InChI is InChI=1S/C40H30N4S/c1-43-39(27-15-6-3-7-16-27)41-38(26-13-4-2-5-14-26)42-40(43)44-34-21-10-8-17-30(34)33-25-28(23-24-35(33)44)29-19-12-20-32-31-18-9-11-22-36(31)45-37(29)32/h2-25,39-40H,1H3,(H,41,42). The first-order chi connectivity index (χ1) is 22.2. The normalized spacial score (nSPS) is 17.2. The van der Waals surface area contributed by atoms with Crippen LogP contribution in [0.1, 0.15) is 23.6 Å². The summed E-state index contributed by atoms with van der Waals surface area (Å²) in [7, 11) is 2.16. The molecular formula is C40H30N4S. The molecule has 0 saturated carbocycles. The fourth-order valence-electron chi connectivity index (χ4n) is 6.95. The molecule has 216 valence electrons. The summed E-state index contributed by atoms with van der Waals surface area (Å²) in [5.74, 6) is 0.895. The Morgan fingerprint density at radius 1 is 0.600 bits per heavy atom. The summed E-state index contributed by atoms with van der Waals surface area (Å²) in [6, 6.07) is 52.2. The minimum atomic E-state index is -0.258. The molecule has 0 bridgehead atoms. The van der Waals surface area contributed by atoms with Crippen molar-refractivity contribution in [1.82, 2.24) is 14.8 Å². The third-order valence-electron chi connectivity index (χ3n) is 9.11. The number of fused-ring (bicyclic) bond motifs is 6. The molecule has 2 aromatic heterocycles. The number of para-hydroxylation sites is 1. The van der Waals surface area contributed by atoms with Crippen LogP contribution in [0.2, 0.25) is 0 Å². The van der Waals surface area contributed by atoms with Gasteiger partial charge in [-0.05, 0) is 48.0 Å². The molecule has 5 heteroatoms. The van der Waals surface area contributed by atoms with E-state index >= 15 is 0 Å². The van der Waals surface area contributed by atoms with Crippen LogP contribution in [0.4, 0.5) is 0 Å². The van der Waals surface area contributed by atoms with Gasteiger partial charge in [-0.1, -0.05) is 121 Å². The minimum absolute atomic E-state index is 0.0510. The molecule has 8 aromatic rings. The maximum Gasteiger partial charge on any atom is 0.186 e. The minimum Gasteiger partial charge on any atom is -0.350 e. The zero-order valence-electron chi connectivity index (χ0n) is 24.8. The van der Waals surface area contributed by atoms with Crippen molar-refractivity contribution < 1.29 is 0 Å². The Bertz CT molecular complexity index is 2390. The van der Waals surface area contributed by atoms with E-state index in [1.165, 1.54) is 58.7 Å². The zero-order valence-corrected chi connectivity index (χ0v) is 25.6. The molecule has 2 atom stereocenters. The molecular weight excluding hydrogens is 569 g/mol. The lowest BCUT2D eigenvalue weighted by atomic mass is 10.0. The SMILES string of the molecule is CN1C(c2ccccc2)NC(c2ccccc2)=NC1n1c2ccccc2c2cc(-c3cccc4c3sc3ccccc34)ccc21. The molecule has 2 unspecified atom stereocenters. The average molecular weight is 599 g/mol. The Labute approximate surface area is 265 Å². The highest BCUT2D eigenvalue weighted by molar-refractivity contribution is 7.26. The van der Waals surface area contributed by atoms with E-state index in [2.05, 4.69) is 167 Å². The van der Waals surface area contributed by atoms with Crippen molar-refractivity contribution in [3.63, 3.8) is 0 Å². The van der Waals surface area contributed by atoms with Crippen molar-refractivity contribution in [2.45, 2.75) is 12.5 Å². The van der Waals surface area contributed by atoms with E-state index < -0.39 is 0 Å². The van der Waals surface area contributed by atoms with E-state index in [9.17, 15) is 0 Å². The Balaban J connectivity index is 1.25. The lowest BCUT2D eigenvalue weighted by molar-refractivity contribution is 0.109. The van der Waals surface area contributed by atoms with E-state index in [1.807, 2.05) is 11.3 Å². The van der Waals surface area contributed by atoms with Gasteiger partial charge in [0.2, 0.25) is 0 Å². The van der Waals surface area contributed by atoms with Gasteiger partial charge in [-0.2, -0.15) is 0 Å². The van der Waals surface area contributed by atoms with Gasteiger partial charge in [0, 0.05) is 36.5 Å². The van der Waals surface area contributed by atoms with Crippen molar-refractivity contribution >= 4 is 59.2 Å². The maximum absolute atomic E-state index is 5.39. The Morgan fingerprint density at radius 2 is 1.29 bits per heavy atom. The summed E-state index contributed by atoms with van der Waals surface area (Å²) in [6.45, 7) is 0. The van der Waals surface area contributed by atoms with Crippen LogP contribution in [0.3, 0.4) is 0 Å². The number of nitrogens with one attached hydrogen (secondary N) is 1. The lowest BCUT2D eigenvalue weighted by Crippen LogP contribution is -2.47. The number of amidine groups is 1. The molecule has 45 heavy (non-hydrogen) atoms. The molecule has 3 heterocycles. The number of hydrogen-bond donors (Lipinski definition) is 1. The number of benzene rings is 6. The van der Waals surface area contributed by atoms with Crippen molar-refractivity contribution in [2.24, 2.45) is 4.99 Å². The van der Waals surface area contributed by atoms with Gasteiger partial charge in [0.25, 0.3) is 0 Å². The van der Waals surface area contributed by atoms with Gasteiger partial charge < -0.3 is 9.88 Å². The third kappa shape index (κ3) is 4.20. The fourth-order valence-corrected chi connectivity index (χ4v) is 8.19. The van der Waals surface area contributed by atoms with Gasteiger partial charge in [0.15, 0.2) is 6.29 Å². The van der Waals surface area contributed by atoms with Crippen LogP contribution in [-0.4, -0.2) is 22.4 Å². The molecule has 1 aliphatic heterocycles. The number of thiophene rings is 1. The summed E-state index contributed by atoms with van der Waals surface area (Å²) in [5, 5.41) is 8.86. The van der Waals surface area contributed by atoms with Gasteiger partial charge in [0.05, 0.1) is 11.0 Å². The monoisotopic (exact) mass is 598 g/mol. The summed E-state index contributed by atoms with van der Waals surface area (Å²) in [5.41, 5.74) is 7.14. The van der Waals surface area contributed by atoms with Crippen molar-refractivity contribution in [3.05, 3.63) is 157 Å². The predicted octanol–water partition coefficient (Wildman–Crippen LogP) is 9.97. The molecule has 1 aliphatic rings. The number of aromatic nitrogens is 1. The topological polar surface area (TPSA) is 32.6 Å². The van der Waals surface area contributed by atoms with Crippen molar-refractivity contribution in [3.8, 4) is 11.1 Å². The molecule has 0 fully saturated rings. The first-order valence-electron chi connectivity index (χ1n) is 15.3. The Hall–Kier alpha value is -5.23. The molecule has 1 N–H and O–H groups in total. The second-order valence-corrected chi connectivity index (χ2v) is 12.8. The molecule has 0 aliphatic carbocycles. The second-order valence-electron chi connectivity index (χ2n) is 11.7. The van der Waals surface area contributed by atoms with Gasteiger partial charge in [0.1, 0.15) is 12.0 Å². The predicted molar refractivity (Wildman–Crippen MR) is 190 cm³/mol. The molecule has 4 nitrogen and oxygen atoms in total. The highest BCUT2D eigenvalue weighted by Crippen LogP contribution is 2.43. The number of nitrogens with zero attached hydrogens (tertiary/aromatic N) is 3. The average Bonchev–Trinajstić information content (AvgIpc) is 3.65. The van der Waals surface area contributed by atoms with E-state index in [0.717, 1.165) is 11.4 Å². The maximum atomic E-state index is 5.39. The van der Waals surface area contributed by atoms with Crippen LogP contribution >= 0.6 is 11.3 Å². The van der Waals surface area contributed by atoms with E-state index in [0.29, 0.717) is 0 Å². The molecule has 0 saturated heterocycles. The molecule has 0 radical (unpaired) electrons. The summed E-state index contributed by atoms with van der Waals surface area (Å²) < 4.78 is 5.07. The van der Waals surface area contributed by atoms with Crippen LogP contribution in [0.15, 0.2) is 151 Å². The zero-order chi connectivity index (χ0) is 29.9. The molecule has 0 spiro atoms. The van der Waals surface area contributed by atoms with Gasteiger partial charge >= 0.3 is 0 Å². The first-order valence-corrected chi connectivity index (χ1v) is 16.2. The van der Waals surface area contributed by atoms with Crippen LogP contribution in [0.25, 0.3) is 53.1 Å². The molecule has 0 amide bonds. The van der Waals surface area contributed by atoms with Crippen LogP contribution in [0.5, 0.6) is 0 Å². The second kappa shape index (κ2) is 10.4. The van der Waals surface area contributed by atoms with Crippen LogP contribution < -0.4 is 5.32 Å². The van der Waals surface area contributed by atoms with E-state index in [4.69, 9.17) is 4.99 Å². The highest BCUT2D eigenvalue weighted by Gasteiger charge is 2.33. The fraction of sp³-hybridized carbons (Fsp3) is 0.0750.